The number of hydroxylamine groups is 1. The van der Waals surface area contributed by atoms with Crippen LogP contribution in [0.3, 0.4) is 0 Å². The average molecular weight is 188 g/mol. The van der Waals surface area contributed by atoms with Gasteiger partial charge in [0, 0.05) is 19.3 Å². The van der Waals surface area contributed by atoms with Crippen LogP contribution >= 0.6 is 0 Å². The van der Waals surface area contributed by atoms with E-state index in [4.69, 9.17) is 5.73 Å². The molecule has 0 rings (SSSR count). The zero-order chi connectivity index (χ0) is 10.3. The minimum absolute atomic E-state index is 0.0600. The van der Waals surface area contributed by atoms with Crippen molar-refractivity contribution >= 4 is 17.8 Å². The first kappa shape index (κ1) is 11.4. The molecule has 2 amide bonds. The maximum atomic E-state index is 10.8. The second-order valence-electron chi connectivity index (χ2n) is 2.32. The molecule has 0 aromatic heterocycles. The fraction of sp³-hybridized carbons (Fsp3) is 0.571. The Morgan fingerprint density at radius 1 is 1.31 bits per heavy atom. The molecule has 74 valence electrons. The third-order valence-electron chi connectivity index (χ3n) is 1.17. The number of primary amides is 1. The molecule has 6 heteroatoms. The lowest BCUT2D eigenvalue weighted by molar-refractivity contribution is -0.158. The largest absolute Gasteiger partial charge is 0.370 e. The molecule has 0 saturated heterocycles. The van der Waals surface area contributed by atoms with E-state index in [9.17, 15) is 14.4 Å². The van der Waals surface area contributed by atoms with E-state index in [1.54, 1.807) is 6.92 Å². The molecule has 13 heavy (non-hydrogen) atoms. The van der Waals surface area contributed by atoms with Crippen LogP contribution < -0.4 is 11.2 Å². The lowest BCUT2D eigenvalue weighted by Crippen LogP contribution is -2.27. The van der Waals surface area contributed by atoms with Gasteiger partial charge in [0.15, 0.2) is 0 Å². The maximum absolute atomic E-state index is 10.8. The van der Waals surface area contributed by atoms with Gasteiger partial charge in [0.1, 0.15) is 0 Å². The van der Waals surface area contributed by atoms with E-state index < -0.39 is 17.8 Å². The molecule has 0 aromatic rings. The first-order chi connectivity index (χ1) is 6.06. The molecule has 0 saturated carbocycles. The summed E-state index contributed by atoms with van der Waals surface area (Å²) in [6, 6.07) is 0. The van der Waals surface area contributed by atoms with Gasteiger partial charge in [-0.2, -0.15) is 5.48 Å². The Labute approximate surface area is 75.4 Å². The van der Waals surface area contributed by atoms with Gasteiger partial charge in [0.05, 0.1) is 0 Å². The van der Waals surface area contributed by atoms with Gasteiger partial charge in [-0.1, -0.05) is 6.92 Å². The molecule has 0 aliphatic carbocycles. The molecule has 0 unspecified atom stereocenters. The fourth-order valence-corrected chi connectivity index (χ4v) is 0.474. The minimum atomic E-state index is -0.572. The number of rotatable bonds is 4. The summed E-state index contributed by atoms with van der Waals surface area (Å²) in [7, 11) is 0. The van der Waals surface area contributed by atoms with Gasteiger partial charge in [-0.25, -0.2) is 4.79 Å². The van der Waals surface area contributed by atoms with Crippen LogP contribution in [0.5, 0.6) is 0 Å². The van der Waals surface area contributed by atoms with Crippen molar-refractivity contribution in [1.82, 2.24) is 5.48 Å². The molecular weight excluding hydrogens is 176 g/mol. The summed E-state index contributed by atoms with van der Waals surface area (Å²) < 4.78 is 0. The van der Waals surface area contributed by atoms with Crippen molar-refractivity contribution < 1.29 is 19.2 Å². The van der Waals surface area contributed by atoms with Gasteiger partial charge in [-0.3, -0.25) is 9.59 Å². The van der Waals surface area contributed by atoms with Crippen molar-refractivity contribution in [2.24, 2.45) is 5.73 Å². The van der Waals surface area contributed by atoms with Crippen LogP contribution in [0.1, 0.15) is 26.2 Å². The van der Waals surface area contributed by atoms with Gasteiger partial charge >= 0.3 is 5.97 Å². The summed E-state index contributed by atoms with van der Waals surface area (Å²) in [5, 5.41) is 0. The highest BCUT2D eigenvalue weighted by molar-refractivity contribution is 5.83. The van der Waals surface area contributed by atoms with Crippen LogP contribution in [-0.2, 0) is 19.2 Å². The lowest BCUT2D eigenvalue weighted by atomic mass is 10.3. The molecule has 6 nitrogen and oxygen atoms in total. The molecule has 0 aromatic carbocycles. The summed E-state index contributed by atoms with van der Waals surface area (Å²) in [4.78, 5) is 35.8. The van der Waals surface area contributed by atoms with Crippen molar-refractivity contribution in [2.45, 2.75) is 26.2 Å². The summed E-state index contributed by atoms with van der Waals surface area (Å²) in [6.45, 7) is 1.60. The highest BCUT2D eigenvalue weighted by Crippen LogP contribution is 1.88. The normalized spacial score (nSPS) is 9.00. The van der Waals surface area contributed by atoms with Crippen LogP contribution in [0.2, 0.25) is 0 Å². The quantitative estimate of drug-likeness (QED) is 0.566. The average Bonchev–Trinajstić information content (AvgIpc) is 2.10. The van der Waals surface area contributed by atoms with Gasteiger partial charge in [0.2, 0.25) is 5.91 Å². The molecule has 0 atom stereocenters. The second kappa shape index (κ2) is 5.99. The van der Waals surface area contributed by atoms with Crippen molar-refractivity contribution in [3.05, 3.63) is 0 Å². The number of amides is 2. The number of carbonyl (C=O) groups is 3. The van der Waals surface area contributed by atoms with Gasteiger partial charge in [-0.15, -0.1) is 0 Å². The first-order valence-corrected chi connectivity index (χ1v) is 3.83. The van der Waals surface area contributed by atoms with Gasteiger partial charge in [0.25, 0.3) is 5.91 Å². The predicted octanol–water partition coefficient (Wildman–Crippen LogP) is -0.764. The van der Waals surface area contributed by atoms with Crippen molar-refractivity contribution in [3.8, 4) is 0 Å². The Hall–Kier alpha value is -1.59. The SMILES string of the molecule is CCC(=O)ONC(=O)CCC(N)=O. The standard InChI is InChI=1S/C7H12N2O4/c1-2-7(12)13-9-6(11)4-3-5(8)10/h2-4H2,1H3,(H2,8,10)(H,9,11). The molecule has 0 heterocycles. The van der Waals surface area contributed by atoms with E-state index in [1.807, 2.05) is 5.48 Å². The van der Waals surface area contributed by atoms with Crippen LogP contribution in [0.15, 0.2) is 0 Å². The summed E-state index contributed by atoms with van der Waals surface area (Å²) in [6.07, 6.45) is 0.0396. The number of carbonyl (C=O) groups excluding carboxylic acids is 3. The Balaban J connectivity index is 3.52. The Kier molecular flexibility index (Phi) is 5.25. The first-order valence-electron chi connectivity index (χ1n) is 3.83. The Morgan fingerprint density at radius 2 is 1.92 bits per heavy atom. The fourth-order valence-electron chi connectivity index (χ4n) is 0.474. The van der Waals surface area contributed by atoms with Crippen LogP contribution in [-0.4, -0.2) is 17.8 Å². The third-order valence-corrected chi connectivity index (χ3v) is 1.17. The molecular formula is C7H12N2O4. The summed E-state index contributed by atoms with van der Waals surface area (Å²) in [5.41, 5.74) is 6.69. The smallest absolute Gasteiger partial charge is 0.331 e. The van der Waals surface area contributed by atoms with Gasteiger partial charge < -0.3 is 10.6 Å². The van der Waals surface area contributed by atoms with E-state index >= 15 is 0 Å². The van der Waals surface area contributed by atoms with Crippen LogP contribution in [0.25, 0.3) is 0 Å². The van der Waals surface area contributed by atoms with Crippen LogP contribution in [0, 0.1) is 0 Å². The highest BCUT2D eigenvalue weighted by atomic mass is 16.7. The van der Waals surface area contributed by atoms with Crippen molar-refractivity contribution in [3.63, 3.8) is 0 Å². The van der Waals surface area contributed by atoms with E-state index in [1.165, 1.54) is 0 Å². The molecule has 0 aliphatic heterocycles. The maximum Gasteiger partial charge on any atom is 0.331 e. The molecule has 0 fully saturated rings. The number of hydrogen-bond acceptors (Lipinski definition) is 4. The number of nitrogens with one attached hydrogen (secondary N) is 1. The number of hydrogen-bond donors (Lipinski definition) is 2. The van der Waals surface area contributed by atoms with Crippen molar-refractivity contribution in [1.29, 1.82) is 0 Å². The Bertz CT molecular complexity index is 215. The van der Waals surface area contributed by atoms with E-state index in [2.05, 4.69) is 4.84 Å². The molecule has 0 aliphatic rings. The predicted molar refractivity (Wildman–Crippen MR) is 43.0 cm³/mol. The minimum Gasteiger partial charge on any atom is -0.370 e. The third kappa shape index (κ3) is 6.79. The highest BCUT2D eigenvalue weighted by Gasteiger charge is 2.05. The zero-order valence-corrected chi connectivity index (χ0v) is 7.33. The molecule has 0 bridgehead atoms. The van der Waals surface area contributed by atoms with Crippen LogP contribution in [0.4, 0.5) is 0 Å². The summed E-state index contributed by atoms with van der Waals surface area (Å²) in [5.74, 6) is -1.65. The van der Waals surface area contributed by atoms with E-state index in [0.29, 0.717) is 0 Å². The van der Waals surface area contributed by atoms with Gasteiger partial charge in [-0.05, 0) is 0 Å². The Morgan fingerprint density at radius 3 is 2.38 bits per heavy atom. The second-order valence-corrected chi connectivity index (χ2v) is 2.32. The lowest BCUT2D eigenvalue weighted by Gasteiger charge is -2.02. The molecule has 0 spiro atoms. The monoisotopic (exact) mass is 188 g/mol. The number of nitrogens with two attached hydrogens (primary N) is 1. The van der Waals surface area contributed by atoms with E-state index in [0.717, 1.165) is 0 Å². The zero-order valence-electron chi connectivity index (χ0n) is 7.33. The van der Waals surface area contributed by atoms with Crippen molar-refractivity contribution in [2.75, 3.05) is 0 Å². The molecule has 0 radical (unpaired) electrons. The summed E-state index contributed by atoms with van der Waals surface area (Å²) >= 11 is 0. The topological polar surface area (TPSA) is 98.5 Å². The van der Waals surface area contributed by atoms with E-state index in [-0.39, 0.29) is 19.3 Å². The molecule has 3 N–H and O–H groups in total.